The van der Waals surface area contributed by atoms with Crippen molar-refractivity contribution in [1.29, 1.82) is 0 Å². The second-order valence-corrected chi connectivity index (χ2v) is 8.39. The van der Waals surface area contributed by atoms with Crippen molar-refractivity contribution >= 4 is 33.0 Å². The number of hydrogen-bond donors (Lipinski definition) is 2. The Morgan fingerprint density at radius 2 is 1.55 bits per heavy atom. The number of sulfone groups is 1. The summed E-state index contributed by atoms with van der Waals surface area (Å²) >= 11 is 0. The molecule has 2 aromatic carbocycles. The average molecular weight is 424 g/mol. The minimum absolute atomic E-state index is 0.244. The average Bonchev–Trinajstić information content (AvgIpc) is 2.68. The summed E-state index contributed by atoms with van der Waals surface area (Å²) in [5.41, 5.74) is 0.555. The van der Waals surface area contributed by atoms with E-state index in [4.69, 9.17) is 9.47 Å². The molecule has 2 aromatic rings. The molecule has 0 fully saturated rings. The number of amides is 2. The van der Waals surface area contributed by atoms with Crippen molar-refractivity contribution in [3.63, 3.8) is 0 Å². The molecule has 1 unspecified atom stereocenters. The quantitative estimate of drug-likeness (QED) is 0.672. The number of hydrogen-bond acceptors (Lipinski definition) is 6. The van der Waals surface area contributed by atoms with Crippen LogP contribution in [-0.4, -0.2) is 45.5 Å². The second-order valence-electron chi connectivity index (χ2n) is 6.06. The van der Waals surface area contributed by atoms with Crippen molar-refractivity contribution in [2.45, 2.75) is 12.2 Å². The fourth-order valence-corrected chi connectivity index (χ4v) is 3.43. The van der Waals surface area contributed by atoms with Crippen LogP contribution in [0.2, 0.25) is 0 Å². The van der Waals surface area contributed by atoms with Gasteiger partial charge in [-0.2, -0.15) is 0 Å². The van der Waals surface area contributed by atoms with Crippen LogP contribution in [0.5, 0.6) is 11.5 Å². The van der Waals surface area contributed by atoms with Crippen molar-refractivity contribution < 1.29 is 31.9 Å². The normalized spacial score (nSPS) is 12.0. The maximum Gasteiger partial charge on any atom is 0.242 e. The lowest BCUT2D eigenvalue weighted by Crippen LogP contribution is -2.37. The third-order valence-electron chi connectivity index (χ3n) is 4.02. The van der Waals surface area contributed by atoms with Crippen LogP contribution in [0, 0.1) is 5.82 Å². The molecule has 0 aliphatic heterocycles. The fraction of sp³-hybridized carbons (Fsp3) is 0.263. The highest BCUT2D eigenvalue weighted by molar-refractivity contribution is 7.93. The molecule has 0 spiro atoms. The van der Waals surface area contributed by atoms with Crippen molar-refractivity contribution in [2.24, 2.45) is 0 Å². The molecule has 0 saturated carbocycles. The highest BCUT2D eigenvalue weighted by Gasteiger charge is 2.30. The summed E-state index contributed by atoms with van der Waals surface area (Å²) < 4.78 is 47.9. The SMILES string of the molecule is COc1ccc(NC(=O)C(C)S(=O)(=O)CC(=O)Nc2ccc(F)cc2)cc1OC. The van der Waals surface area contributed by atoms with Gasteiger partial charge in [-0.3, -0.25) is 9.59 Å². The third-order valence-corrected chi connectivity index (χ3v) is 5.98. The minimum Gasteiger partial charge on any atom is -0.493 e. The first-order valence-electron chi connectivity index (χ1n) is 8.46. The molecule has 0 aromatic heterocycles. The topological polar surface area (TPSA) is 111 Å². The van der Waals surface area contributed by atoms with Crippen molar-refractivity contribution in [2.75, 3.05) is 30.6 Å². The van der Waals surface area contributed by atoms with Gasteiger partial charge in [-0.1, -0.05) is 0 Å². The lowest BCUT2D eigenvalue weighted by atomic mass is 10.2. The zero-order chi connectivity index (χ0) is 21.6. The monoisotopic (exact) mass is 424 g/mol. The number of anilines is 2. The number of carbonyl (C=O) groups is 2. The van der Waals surface area contributed by atoms with E-state index in [0.717, 1.165) is 12.1 Å². The van der Waals surface area contributed by atoms with E-state index in [-0.39, 0.29) is 5.69 Å². The molecule has 0 aliphatic carbocycles. The van der Waals surface area contributed by atoms with Crippen LogP contribution in [0.3, 0.4) is 0 Å². The highest BCUT2D eigenvalue weighted by Crippen LogP contribution is 2.29. The van der Waals surface area contributed by atoms with Crippen LogP contribution < -0.4 is 20.1 Å². The molecule has 2 amide bonds. The largest absolute Gasteiger partial charge is 0.493 e. The molecule has 0 aliphatic rings. The molecule has 8 nitrogen and oxygen atoms in total. The Morgan fingerprint density at radius 3 is 2.14 bits per heavy atom. The predicted molar refractivity (Wildman–Crippen MR) is 106 cm³/mol. The summed E-state index contributed by atoms with van der Waals surface area (Å²) in [5, 5.41) is 3.35. The number of rotatable bonds is 8. The van der Waals surface area contributed by atoms with Gasteiger partial charge in [0.1, 0.15) is 16.8 Å². The van der Waals surface area contributed by atoms with Gasteiger partial charge in [0.25, 0.3) is 0 Å². The first-order valence-corrected chi connectivity index (χ1v) is 10.2. The summed E-state index contributed by atoms with van der Waals surface area (Å²) in [7, 11) is -1.20. The number of methoxy groups -OCH3 is 2. The number of halogens is 1. The molecule has 156 valence electrons. The molecule has 2 N–H and O–H groups in total. The van der Waals surface area contributed by atoms with Crippen LogP contribution in [-0.2, 0) is 19.4 Å². The van der Waals surface area contributed by atoms with Gasteiger partial charge in [-0.25, -0.2) is 12.8 Å². The number of ether oxygens (including phenoxy) is 2. The van der Waals surface area contributed by atoms with Crippen LogP contribution in [0.15, 0.2) is 42.5 Å². The number of benzene rings is 2. The minimum atomic E-state index is -4.09. The van der Waals surface area contributed by atoms with Gasteiger partial charge >= 0.3 is 0 Å². The Hall–Kier alpha value is -3.14. The van der Waals surface area contributed by atoms with Gasteiger partial charge in [0.15, 0.2) is 21.3 Å². The van der Waals surface area contributed by atoms with Crippen LogP contribution in [0.25, 0.3) is 0 Å². The maximum absolute atomic E-state index is 12.9. The standard InChI is InChI=1S/C19H21FN2O6S/c1-12(19(24)22-15-8-9-16(27-2)17(10-15)28-3)29(25,26)11-18(23)21-14-6-4-13(20)5-7-14/h4-10,12H,11H2,1-3H3,(H,21,23)(H,22,24). The summed E-state index contributed by atoms with van der Waals surface area (Å²) in [6.07, 6.45) is 0. The summed E-state index contributed by atoms with van der Waals surface area (Å²) in [6, 6.07) is 9.42. The zero-order valence-electron chi connectivity index (χ0n) is 16.1. The summed E-state index contributed by atoms with van der Waals surface area (Å²) in [5.74, 6) is -2.21. The predicted octanol–water partition coefficient (Wildman–Crippen LogP) is 2.22. The van der Waals surface area contributed by atoms with E-state index in [1.807, 2.05) is 0 Å². The lowest BCUT2D eigenvalue weighted by molar-refractivity contribution is -0.115. The van der Waals surface area contributed by atoms with Gasteiger partial charge < -0.3 is 20.1 Å². The second kappa shape index (κ2) is 9.37. The molecule has 29 heavy (non-hydrogen) atoms. The summed E-state index contributed by atoms with van der Waals surface area (Å²) in [6.45, 7) is 1.19. The zero-order valence-corrected chi connectivity index (χ0v) is 16.9. The van der Waals surface area contributed by atoms with E-state index in [1.54, 1.807) is 6.07 Å². The van der Waals surface area contributed by atoms with Crippen LogP contribution in [0.1, 0.15) is 6.92 Å². The van der Waals surface area contributed by atoms with Gasteiger partial charge in [0.2, 0.25) is 11.8 Å². The van der Waals surface area contributed by atoms with E-state index in [1.165, 1.54) is 45.4 Å². The lowest BCUT2D eigenvalue weighted by Gasteiger charge is -2.15. The van der Waals surface area contributed by atoms with Crippen molar-refractivity contribution in [1.82, 2.24) is 0 Å². The summed E-state index contributed by atoms with van der Waals surface area (Å²) in [4.78, 5) is 24.4. The van der Waals surface area contributed by atoms with Crippen molar-refractivity contribution in [3.05, 3.63) is 48.3 Å². The van der Waals surface area contributed by atoms with Gasteiger partial charge in [-0.15, -0.1) is 0 Å². The first-order chi connectivity index (χ1) is 13.7. The van der Waals surface area contributed by atoms with Crippen molar-refractivity contribution in [3.8, 4) is 11.5 Å². The van der Waals surface area contributed by atoms with Gasteiger partial charge in [0, 0.05) is 17.4 Å². The molecule has 1 atom stereocenters. The number of carbonyl (C=O) groups excluding carboxylic acids is 2. The first kappa shape index (κ1) is 22.2. The van der Waals surface area contributed by atoms with E-state index in [0.29, 0.717) is 17.2 Å². The maximum atomic E-state index is 12.9. The molecule has 2 rings (SSSR count). The smallest absolute Gasteiger partial charge is 0.242 e. The molecule has 10 heteroatoms. The molecule has 0 radical (unpaired) electrons. The van der Waals surface area contributed by atoms with E-state index < -0.39 is 38.5 Å². The molecule has 0 saturated heterocycles. The molecular weight excluding hydrogens is 403 g/mol. The van der Waals surface area contributed by atoms with Gasteiger partial charge in [-0.05, 0) is 43.3 Å². The van der Waals surface area contributed by atoms with Crippen LogP contribution >= 0.6 is 0 Å². The molecular formula is C19H21FN2O6S. The Labute approximate surface area is 167 Å². The van der Waals surface area contributed by atoms with E-state index >= 15 is 0 Å². The van der Waals surface area contributed by atoms with E-state index in [2.05, 4.69) is 10.6 Å². The third kappa shape index (κ3) is 5.92. The Bertz CT molecular complexity index is 992. The van der Waals surface area contributed by atoms with Crippen LogP contribution in [0.4, 0.5) is 15.8 Å². The van der Waals surface area contributed by atoms with E-state index in [9.17, 15) is 22.4 Å². The Morgan fingerprint density at radius 1 is 0.966 bits per heavy atom. The fourth-order valence-electron chi connectivity index (χ4n) is 2.36. The number of nitrogens with one attached hydrogen (secondary N) is 2. The highest BCUT2D eigenvalue weighted by atomic mass is 32.2. The molecule has 0 heterocycles. The van der Waals surface area contributed by atoms with Gasteiger partial charge in [0.05, 0.1) is 14.2 Å². The molecule has 0 bridgehead atoms. The Balaban J connectivity index is 2.03. The Kier molecular flexibility index (Phi) is 7.16.